The van der Waals surface area contributed by atoms with Crippen molar-refractivity contribution in [1.29, 1.82) is 0 Å². The number of unbranched alkanes of at least 4 members (excludes halogenated alkanes) is 2. The van der Waals surface area contributed by atoms with Crippen molar-refractivity contribution < 1.29 is 0 Å². The van der Waals surface area contributed by atoms with Crippen LogP contribution >= 0.6 is 21.6 Å². The summed E-state index contributed by atoms with van der Waals surface area (Å²) in [5.74, 6) is 0. The van der Waals surface area contributed by atoms with Gasteiger partial charge in [-0.3, -0.25) is 0 Å². The molecule has 0 aliphatic heterocycles. The van der Waals surface area contributed by atoms with Crippen molar-refractivity contribution in [2.24, 2.45) is 0 Å². The van der Waals surface area contributed by atoms with Gasteiger partial charge >= 0.3 is 0 Å². The van der Waals surface area contributed by atoms with Crippen molar-refractivity contribution in [1.82, 2.24) is 0 Å². The molecule has 22 heavy (non-hydrogen) atoms. The normalized spacial score (nSPS) is 10.8. The zero-order valence-corrected chi connectivity index (χ0v) is 15.3. The fourth-order valence-electron chi connectivity index (χ4n) is 2.41. The van der Waals surface area contributed by atoms with E-state index in [-0.39, 0.29) is 0 Å². The third-order valence-corrected chi connectivity index (χ3v) is 6.33. The highest BCUT2D eigenvalue weighted by Gasteiger charge is 2.06. The van der Waals surface area contributed by atoms with Crippen molar-refractivity contribution in [3.63, 3.8) is 0 Å². The van der Waals surface area contributed by atoms with Gasteiger partial charge in [0.1, 0.15) is 0 Å². The first-order chi connectivity index (χ1) is 10.8. The van der Waals surface area contributed by atoms with Crippen molar-refractivity contribution in [3.05, 3.63) is 59.7 Å². The molecular formula is C20H26S2. The average Bonchev–Trinajstić information content (AvgIpc) is 2.57. The van der Waals surface area contributed by atoms with E-state index in [2.05, 4.69) is 62.4 Å². The summed E-state index contributed by atoms with van der Waals surface area (Å²) < 4.78 is 0. The molecule has 0 amide bonds. The van der Waals surface area contributed by atoms with Crippen LogP contribution in [0.3, 0.4) is 0 Å². The van der Waals surface area contributed by atoms with Crippen LogP contribution in [0.25, 0.3) is 0 Å². The zero-order valence-electron chi connectivity index (χ0n) is 13.7. The van der Waals surface area contributed by atoms with Crippen LogP contribution in [0.15, 0.2) is 58.3 Å². The van der Waals surface area contributed by atoms with Crippen molar-refractivity contribution >= 4 is 21.6 Å². The van der Waals surface area contributed by atoms with E-state index in [0.717, 1.165) is 0 Å². The van der Waals surface area contributed by atoms with Gasteiger partial charge in [0.15, 0.2) is 0 Å². The SMILES string of the molecule is CCCCc1ccccc1SSc1ccccc1CCCC. The van der Waals surface area contributed by atoms with Crippen LogP contribution in [0.5, 0.6) is 0 Å². The molecule has 118 valence electrons. The Balaban J connectivity index is 2.04. The van der Waals surface area contributed by atoms with Crippen LogP contribution in [0.4, 0.5) is 0 Å². The van der Waals surface area contributed by atoms with Crippen molar-refractivity contribution in [2.45, 2.75) is 62.2 Å². The van der Waals surface area contributed by atoms with Crippen molar-refractivity contribution in [2.75, 3.05) is 0 Å². The number of hydrogen-bond acceptors (Lipinski definition) is 2. The molecule has 0 heterocycles. The van der Waals surface area contributed by atoms with Gasteiger partial charge in [-0.15, -0.1) is 0 Å². The molecule has 0 bridgehead atoms. The third-order valence-electron chi connectivity index (χ3n) is 3.77. The second kappa shape index (κ2) is 10.0. The van der Waals surface area contributed by atoms with Crippen LogP contribution in [-0.2, 0) is 12.8 Å². The van der Waals surface area contributed by atoms with E-state index < -0.39 is 0 Å². The van der Waals surface area contributed by atoms with Crippen LogP contribution in [0.1, 0.15) is 50.7 Å². The minimum absolute atomic E-state index is 1.19. The van der Waals surface area contributed by atoms with Gasteiger partial charge in [0, 0.05) is 9.79 Å². The average molecular weight is 331 g/mol. The van der Waals surface area contributed by atoms with Gasteiger partial charge in [0.05, 0.1) is 0 Å². The Morgan fingerprint density at radius 1 is 0.636 bits per heavy atom. The smallest absolute Gasteiger partial charge is 0.0218 e. The monoisotopic (exact) mass is 330 g/mol. The van der Waals surface area contributed by atoms with Gasteiger partial charge in [0.2, 0.25) is 0 Å². The molecule has 0 saturated heterocycles. The predicted molar refractivity (Wildman–Crippen MR) is 102 cm³/mol. The molecule has 0 aliphatic carbocycles. The molecule has 0 saturated carbocycles. The second-order valence-corrected chi connectivity index (χ2v) is 7.80. The summed E-state index contributed by atoms with van der Waals surface area (Å²) in [6.45, 7) is 4.52. The molecule has 2 aromatic carbocycles. The Bertz CT molecular complexity index is 512. The first-order valence-corrected chi connectivity index (χ1v) is 10.5. The molecule has 2 heteroatoms. The maximum absolute atomic E-state index is 2.28. The Labute approximate surface area is 143 Å². The van der Waals surface area contributed by atoms with Gasteiger partial charge < -0.3 is 0 Å². The molecule has 0 fully saturated rings. The molecule has 0 aromatic heterocycles. The van der Waals surface area contributed by atoms with Crippen LogP contribution in [-0.4, -0.2) is 0 Å². The highest BCUT2D eigenvalue weighted by Crippen LogP contribution is 2.41. The molecule has 0 spiro atoms. The maximum Gasteiger partial charge on any atom is 0.0218 e. The first kappa shape index (κ1) is 17.5. The Kier molecular flexibility index (Phi) is 7.96. The summed E-state index contributed by atoms with van der Waals surface area (Å²) in [6, 6.07) is 17.7. The minimum Gasteiger partial charge on any atom is -0.0654 e. The van der Waals surface area contributed by atoms with Crippen LogP contribution in [0.2, 0.25) is 0 Å². The number of rotatable bonds is 9. The Hall–Kier alpha value is -0.860. The molecule has 2 aromatic rings. The lowest BCUT2D eigenvalue weighted by Gasteiger charge is -2.10. The van der Waals surface area contributed by atoms with E-state index >= 15 is 0 Å². The predicted octanol–water partition coefficient (Wildman–Crippen LogP) is 7.17. The van der Waals surface area contributed by atoms with Gasteiger partial charge in [-0.2, -0.15) is 0 Å². The number of hydrogen-bond donors (Lipinski definition) is 0. The molecule has 0 radical (unpaired) electrons. The summed E-state index contributed by atoms with van der Waals surface area (Å²) in [4.78, 5) is 2.84. The number of benzene rings is 2. The highest BCUT2D eigenvalue weighted by atomic mass is 33.1. The van der Waals surface area contributed by atoms with E-state index in [1.54, 1.807) is 0 Å². The molecule has 0 atom stereocenters. The van der Waals surface area contributed by atoms with E-state index in [4.69, 9.17) is 0 Å². The van der Waals surface area contributed by atoms with Gasteiger partial charge in [-0.25, -0.2) is 0 Å². The zero-order chi connectivity index (χ0) is 15.6. The topological polar surface area (TPSA) is 0 Å². The summed E-state index contributed by atoms with van der Waals surface area (Å²) in [5, 5.41) is 0. The summed E-state index contributed by atoms with van der Waals surface area (Å²) in [6.07, 6.45) is 7.44. The second-order valence-electron chi connectivity index (χ2n) is 5.59. The maximum atomic E-state index is 2.28. The lowest BCUT2D eigenvalue weighted by molar-refractivity contribution is 0.785. The quantitative estimate of drug-likeness (QED) is 0.447. The van der Waals surface area contributed by atoms with E-state index in [1.165, 1.54) is 59.4 Å². The third kappa shape index (κ3) is 5.40. The standard InChI is InChI=1S/C20H26S2/c1-3-5-11-17-13-7-9-15-19(17)21-22-20-16-10-8-14-18(20)12-6-4-2/h7-10,13-16H,3-6,11-12H2,1-2H3. The summed E-state index contributed by atoms with van der Waals surface area (Å²) >= 11 is 0. The lowest BCUT2D eigenvalue weighted by atomic mass is 10.1. The molecule has 0 nitrogen and oxygen atoms in total. The largest absolute Gasteiger partial charge is 0.0654 e. The van der Waals surface area contributed by atoms with E-state index in [1.807, 2.05) is 21.6 Å². The first-order valence-electron chi connectivity index (χ1n) is 8.35. The van der Waals surface area contributed by atoms with Gasteiger partial charge in [0.25, 0.3) is 0 Å². The van der Waals surface area contributed by atoms with Gasteiger partial charge in [-0.1, -0.05) is 84.7 Å². The van der Waals surface area contributed by atoms with Crippen LogP contribution < -0.4 is 0 Å². The summed E-state index contributed by atoms with van der Waals surface area (Å²) in [7, 11) is 3.83. The fraction of sp³-hybridized carbons (Fsp3) is 0.400. The minimum atomic E-state index is 1.19. The number of aryl methyl sites for hydroxylation is 2. The molecule has 0 N–H and O–H groups in total. The Morgan fingerprint density at radius 3 is 1.45 bits per heavy atom. The van der Waals surface area contributed by atoms with Gasteiger partial charge in [-0.05, 0) is 48.9 Å². The molecular weight excluding hydrogens is 304 g/mol. The summed E-state index contributed by atoms with van der Waals surface area (Å²) in [5.41, 5.74) is 2.99. The van der Waals surface area contributed by atoms with Crippen LogP contribution in [0, 0.1) is 0 Å². The molecule has 2 rings (SSSR count). The van der Waals surface area contributed by atoms with Crippen molar-refractivity contribution in [3.8, 4) is 0 Å². The van der Waals surface area contributed by atoms with E-state index in [9.17, 15) is 0 Å². The molecule has 0 aliphatic rings. The lowest BCUT2D eigenvalue weighted by Crippen LogP contribution is -1.89. The van der Waals surface area contributed by atoms with E-state index in [0.29, 0.717) is 0 Å². The fourth-order valence-corrected chi connectivity index (χ4v) is 4.92. The Morgan fingerprint density at radius 2 is 1.05 bits per heavy atom. The molecule has 0 unspecified atom stereocenters. The highest BCUT2D eigenvalue weighted by molar-refractivity contribution is 8.76.